The number of rotatable bonds is 7. The minimum absolute atomic E-state index is 0.102. The van der Waals surface area contributed by atoms with Gasteiger partial charge in [-0.1, -0.05) is 17.2 Å². The zero-order valence-corrected chi connectivity index (χ0v) is 13.3. The van der Waals surface area contributed by atoms with Gasteiger partial charge in [-0.05, 0) is 26.2 Å². The van der Waals surface area contributed by atoms with E-state index in [1.54, 1.807) is 0 Å². The summed E-state index contributed by atoms with van der Waals surface area (Å²) in [6.45, 7) is 3.51. The molecule has 1 aliphatic carbocycles. The second-order valence-corrected chi connectivity index (χ2v) is 7.89. The lowest BCUT2D eigenvalue weighted by Crippen LogP contribution is -2.13. The number of nitrogens with zero attached hydrogens (tertiary/aromatic N) is 4. The molecule has 0 saturated heterocycles. The van der Waals surface area contributed by atoms with Gasteiger partial charge in [0.05, 0.1) is 0 Å². The smallest absolute Gasteiger partial charge is 0.244 e. The van der Waals surface area contributed by atoms with E-state index in [1.165, 1.54) is 6.92 Å². The maximum atomic E-state index is 12.4. The molecule has 1 aliphatic rings. The van der Waals surface area contributed by atoms with Crippen molar-refractivity contribution < 1.29 is 17.5 Å². The van der Waals surface area contributed by atoms with Crippen molar-refractivity contribution in [3.63, 3.8) is 0 Å². The van der Waals surface area contributed by atoms with Gasteiger partial charge >= 0.3 is 0 Å². The van der Waals surface area contributed by atoms with Gasteiger partial charge in [-0.3, -0.25) is 0 Å². The molecule has 1 fully saturated rings. The highest BCUT2D eigenvalue weighted by Gasteiger charge is 2.32. The minimum atomic E-state index is -3.55. The first-order valence-electron chi connectivity index (χ1n) is 7.36. The Morgan fingerprint density at radius 1 is 1.23 bits per heavy atom. The van der Waals surface area contributed by atoms with Crippen LogP contribution < -0.4 is 0 Å². The molecule has 0 aromatic carbocycles. The van der Waals surface area contributed by atoms with Crippen molar-refractivity contribution in [2.75, 3.05) is 0 Å². The van der Waals surface area contributed by atoms with Crippen molar-refractivity contribution in [1.82, 2.24) is 20.3 Å². The Kier molecular flexibility index (Phi) is 3.98. The van der Waals surface area contributed by atoms with Gasteiger partial charge in [0.15, 0.2) is 21.5 Å². The Morgan fingerprint density at radius 3 is 2.68 bits per heavy atom. The van der Waals surface area contributed by atoms with E-state index < -0.39 is 15.1 Å². The van der Waals surface area contributed by atoms with Crippen molar-refractivity contribution in [2.45, 2.75) is 56.5 Å². The van der Waals surface area contributed by atoms with E-state index in [0.717, 1.165) is 19.3 Å². The van der Waals surface area contributed by atoms with E-state index >= 15 is 0 Å². The molecule has 0 bridgehead atoms. The molecule has 9 heteroatoms. The van der Waals surface area contributed by atoms with Crippen molar-refractivity contribution in [2.24, 2.45) is 0 Å². The molecule has 0 radical (unpaired) electrons. The van der Waals surface area contributed by atoms with Gasteiger partial charge in [-0.25, -0.2) is 8.42 Å². The molecule has 1 saturated carbocycles. The van der Waals surface area contributed by atoms with Crippen LogP contribution >= 0.6 is 0 Å². The van der Waals surface area contributed by atoms with E-state index in [4.69, 9.17) is 9.05 Å². The average molecular weight is 326 g/mol. The van der Waals surface area contributed by atoms with E-state index in [2.05, 4.69) is 20.3 Å². The molecule has 120 valence electrons. The van der Waals surface area contributed by atoms with E-state index in [-0.39, 0.29) is 17.5 Å². The van der Waals surface area contributed by atoms with Crippen LogP contribution in [0, 0.1) is 0 Å². The van der Waals surface area contributed by atoms with Gasteiger partial charge in [-0.15, -0.1) is 0 Å². The predicted octanol–water partition coefficient (Wildman–Crippen LogP) is 1.96. The van der Waals surface area contributed by atoms with Crippen LogP contribution in [0.15, 0.2) is 9.05 Å². The highest BCUT2D eigenvalue weighted by atomic mass is 32.2. The van der Waals surface area contributed by atoms with Crippen LogP contribution in [0.4, 0.5) is 0 Å². The number of hydrogen-bond acceptors (Lipinski definition) is 8. The third-order valence-electron chi connectivity index (χ3n) is 3.59. The third kappa shape index (κ3) is 3.18. The first-order chi connectivity index (χ1) is 10.5. The first kappa shape index (κ1) is 15.1. The van der Waals surface area contributed by atoms with Crippen LogP contribution in [0.3, 0.4) is 0 Å². The lowest BCUT2D eigenvalue weighted by molar-refractivity contribution is 0.368. The molecule has 0 N–H and O–H groups in total. The zero-order chi connectivity index (χ0) is 15.7. The number of sulfone groups is 1. The monoisotopic (exact) mass is 326 g/mol. The molecule has 8 nitrogen and oxygen atoms in total. The lowest BCUT2D eigenvalue weighted by atomic mass is 10.3. The molecule has 2 heterocycles. The van der Waals surface area contributed by atoms with Crippen LogP contribution in [0.25, 0.3) is 0 Å². The molecule has 0 unspecified atom stereocenters. The maximum absolute atomic E-state index is 12.4. The summed E-state index contributed by atoms with van der Waals surface area (Å²) in [5.41, 5.74) is 0. The van der Waals surface area contributed by atoms with E-state index in [9.17, 15) is 8.42 Å². The fraction of sp³-hybridized carbons (Fsp3) is 0.692. The molecule has 2 aromatic rings. The SMILES string of the molecule is CCCc1noc([C@@H](C)S(=O)(=O)Cc2nc(C3CC3)no2)n1. The van der Waals surface area contributed by atoms with Gasteiger partial charge in [0.25, 0.3) is 0 Å². The van der Waals surface area contributed by atoms with Crippen LogP contribution in [0.5, 0.6) is 0 Å². The standard InChI is InChI=1S/C13H18N4O4S/c1-3-4-10-14-13(21-16-10)8(2)22(18,19)7-11-15-12(17-20-11)9-5-6-9/h8-9H,3-7H2,1-2H3/t8-/m1/s1. The first-order valence-corrected chi connectivity index (χ1v) is 9.07. The van der Waals surface area contributed by atoms with Crippen molar-refractivity contribution in [1.29, 1.82) is 0 Å². The molecule has 2 aromatic heterocycles. The molecule has 22 heavy (non-hydrogen) atoms. The third-order valence-corrected chi connectivity index (χ3v) is 5.52. The van der Waals surface area contributed by atoms with Crippen LogP contribution in [0.1, 0.15) is 67.7 Å². The highest BCUT2D eigenvalue weighted by Crippen LogP contribution is 2.38. The maximum Gasteiger partial charge on any atom is 0.244 e. The van der Waals surface area contributed by atoms with Crippen molar-refractivity contribution in [3.05, 3.63) is 23.4 Å². The molecular formula is C13H18N4O4S. The number of aromatic nitrogens is 4. The summed E-state index contributed by atoms with van der Waals surface area (Å²) >= 11 is 0. The molecule has 0 aliphatic heterocycles. The van der Waals surface area contributed by atoms with E-state index in [0.29, 0.717) is 24.0 Å². The summed E-state index contributed by atoms with van der Waals surface area (Å²) < 4.78 is 34.9. The second kappa shape index (κ2) is 5.79. The fourth-order valence-electron chi connectivity index (χ4n) is 2.04. The van der Waals surface area contributed by atoms with Gasteiger partial charge in [-0.2, -0.15) is 9.97 Å². The molecule has 1 atom stereocenters. The minimum Gasteiger partial charge on any atom is -0.338 e. The molecular weight excluding hydrogens is 308 g/mol. The summed E-state index contributed by atoms with van der Waals surface area (Å²) in [4.78, 5) is 8.27. The summed E-state index contributed by atoms with van der Waals surface area (Å²) in [6, 6.07) is 0. The summed E-state index contributed by atoms with van der Waals surface area (Å²) in [5.74, 6) is 1.34. The quantitative estimate of drug-likeness (QED) is 0.759. The van der Waals surface area contributed by atoms with Gasteiger partial charge in [0.1, 0.15) is 11.0 Å². The average Bonchev–Trinajstić information content (AvgIpc) is 3.05. The molecule has 0 amide bonds. The van der Waals surface area contributed by atoms with Crippen LogP contribution in [-0.2, 0) is 22.0 Å². The highest BCUT2D eigenvalue weighted by molar-refractivity contribution is 7.90. The Hall–Kier alpha value is -1.77. The summed E-state index contributed by atoms with van der Waals surface area (Å²) in [7, 11) is -3.55. The second-order valence-electron chi connectivity index (χ2n) is 5.57. The van der Waals surface area contributed by atoms with Gasteiger partial charge in [0, 0.05) is 12.3 Å². The lowest BCUT2D eigenvalue weighted by Gasteiger charge is -2.05. The normalized spacial score (nSPS) is 16.8. The van der Waals surface area contributed by atoms with Gasteiger partial charge < -0.3 is 9.05 Å². The van der Waals surface area contributed by atoms with Crippen LogP contribution in [-0.4, -0.2) is 28.7 Å². The Morgan fingerprint density at radius 2 is 2.00 bits per heavy atom. The number of aryl methyl sites for hydroxylation is 1. The zero-order valence-electron chi connectivity index (χ0n) is 12.5. The van der Waals surface area contributed by atoms with E-state index in [1.807, 2.05) is 6.92 Å². The number of hydrogen-bond donors (Lipinski definition) is 0. The van der Waals surface area contributed by atoms with Crippen molar-refractivity contribution in [3.8, 4) is 0 Å². The van der Waals surface area contributed by atoms with Crippen LogP contribution in [0.2, 0.25) is 0 Å². The molecule has 3 rings (SSSR count). The Labute approximate surface area is 128 Å². The Bertz CT molecular complexity index is 748. The fourth-order valence-corrected chi connectivity index (χ4v) is 3.16. The predicted molar refractivity (Wildman–Crippen MR) is 75.6 cm³/mol. The summed E-state index contributed by atoms with van der Waals surface area (Å²) in [5, 5.41) is 6.70. The van der Waals surface area contributed by atoms with Gasteiger partial charge in [0.2, 0.25) is 11.8 Å². The molecule has 0 spiro atoms. The Balaban J connectivity index is 1.72. The topological polar surface area (TPSA) is 112 Å². The van der Waals surface area contributed by atoms with Crippen molar-refractivity contribution >= 4 is 9.84 Å². The summed E-state index contributed by atoms with van der Waals surface area (Å²) in [6.07, 6.45) is 3.59. The largest absolute Gasteiger partial charge is 0.338 e.